The van der Waals surface area contributed by atoms with E-state index in [1.807, 2.05) is 6.07 Å². The highest BCUT2D eigenvalue weighted by Crippen LogP contribution is 2.39. The lowest BCUT2D eigenvalue weighted by Gasteiger charge is -2.25. The Bertz CT molecular complexity index is 1610. The number of hydrogen-bond donors (Lipinski definition) is 1. The van der Waals surface area contributed by atoms with Crippen LogP contribution in [0, 0.1) is 5.82 Å². The summed E-state index contributed by atoms with van der Waals surface area (Å²) in [7, 11) is -3.86. The molecule has 0 saturated heterocycles. The van der Waals surface area contributed by atoms with Crippen LogP contribution in [-0.2, 0) is 16.4 Å². The predicted molar refractivity (Wildman–Crippen MR) is 137 cm³/mol. The first-order valence-corrected chi connectivity index (χ1v) is 13.5. The molecule has 4 aromatic rings. The summed E-state index contributed by atoms with van der Waals surface area (Å²) < 4.78 is 39.1. The summed E-state index contributed by atoms with van der Waals surface area (Å²) >= 11 is 6.07. The molecule has 1 fully saturated rings. The van der Waals surface area contributed by atoms with Crippen molar-refractivity contribution in [2.24, 2.45) is 0 Å². The number of nitrogens with zero attached hydrogens (tertiary/aromatic N) is 3. The Morgan fingerprint density at radius 1 is 1.14 bits per heavy atom. The highest BCUT2D eigenvalue weighted by atomic mass is 35.5. The number of sulfone groups is 1. The molecule has 1 aliphatic carbocycles. The van der Waals surface area contributed by atoms with Crippen LogP contribution in [0.25, 0.3) is 10.9 Å². The van der Waals surface area contributed by atoms with E-state index >= 15 is 0 Å². The number of carbonyl (C=O) groups is 1. The number of anilines is 2. The van der Waals surface area contributed by atoms with Crippen LogP contribution in [0.5, 0.6) is 0 Å². The Hall–Kier alpha value is -3.56. The fraction of sp³-hybridized carbons (Fsp3) is 0.192. The fourth-order valence-electron chi connectivity index (χ4n) is 4.07. The molecule has 2 aromatic carbocycles. The second-order valence-electron chi connectivity index (χ2n) is 8.90. The lowest BCUT2D eigenvalue weighted by molar-refractivity contribution is 0.0984. The molecule has 0 unspecified atom stereocenters. The topological polar surface area (TPSA) is 106 Å². The Labute approximate surface area is 212 Å². The van der Waals surface area contributed by atoms with Gasteiger partial charge in [-0.25, -0.2) is 17.8 Å². The lowest BCUT2D eigenvalue weighted by Crippen LogP contribution is -2.32. The maximum atomic E-state index is 14.1. The number of amides is 1. The van der Waals surface area contributed by atoms with E-state index in [0.717, 1.165) is 42.3 Å². The molecule has 0 spiro atoms. The minimum atomic E-state index is -3.86. The minimum absolute atomic E-state index is 0.00247. The SMILES string of the molecule is CS(=O)(=O)c1cc(F)ccc1N(Cc1ccc2cc(Cl)c(N)nc2c1)C(=O)c1ccc(C2CC2)nc1. The van der Waals surface area contributed by atoms with Gasteiger partial charge in [-0.05, 0) is 60.9 Å². The van der Waals surface area contributed by atoms with E-state index in [-0.39, 0.29) is 28.5 Å². The maximum absolute atomic E-state index is 14.1. The van der Waals surface area contributed by atoms with E-state index < -0.39 is 21.6 Å². The predicted octanol–water partition coefficient (Wildman–Crippen LogP) is 5.13. The van der Waals surface area contributed by atoms with E-state index in [0.29, 0.717) is 22.0 Å². The van der Waals surface area contributed by atoms with Crippen LogP contribution in [0.4, 0.5) is 15.9 Å². The number of carbonyl (C=O) groups excluding carboxylic acids is 1. The van der Waals surface area contributed by atoms with Crippen molar-refractivity contribution < 1.29 is 17.6 Å². The van der Waals surface area contributed by atoms with Crippen LogP contribution in [0.15, 0.2) is 65.7 Å². The van der Waals surface area contributed by atoms with Gasteiger partial charge in [0.2, 0.25) is 0 Å². The summed E-state index contributed by atoms with van der Waals surface area (Å²) in [6.07, 6.45) is 4.63. The molecule has 36 heavy (non-hydrogen) atoms. The first-order chi connectivity index (χ1) is 17.1. The zero-order chi connectivity index (χ0) is 25.6. The van der Waals surface area contributed by atoms with E-state index in [9.17, 15) is 17.6 Å². The van der Waals surface area contributed by atoms with Crippen LogP contribution in [0.3, 0.4) is 0 Å². The molecule has 184 valence electrons. The summed E-state index contributed by atoms with van der Waals surface area (Å²) in [4.78, 5) is 23.5. The van der Waals surface area contributed by atoms with Crippen LogP contribution >= 0.6 is 11.6 Å². The highest BCUT2D eigenvalue weighted by Gasteiger charge is 2.28. The Morgan fingerprint density at radius 2 is 1.92 bits per heavy atom. The standard InChI is InChI=1S/C26H22ClFN4O3S/c1-36(34,35)24-12-19(28)7-9-23(24)32(26(33)18-6-8-21(30-13-18)16-4-5-16)14-15-2-3-17-11-20(27)25(29)31-22(17)10-15/h2-3,6-13,16H,4-5,14H2,1H3,(H2,29,31). The molecule has 0 atom stereocenters. The van der Waals surface area contributed by atoms with E-state index in [4.69, 9.17) is 17.3 Å². The molecule has 1 saturated carbocycles. The van der Waals surface area contributed by atoms with Gasteiger partial charge in [-0.2, -0.15) is 0 Å². The molecule has 10 heteroatoms. The van der Waals surface area contributed by atoms with Gasteiger partial charge in [0.25, 0.3) is 5.91 Å². The largest absolute Gasteiger partial charge is 0.382 e. The van der Waals surface area contributed by atoms with Crippen molar-refractivity contribution in [3.63, 3.8) is 0 Å². The number of nitrogen functional groups attached to an aromatic ring is 1. The molecule has 0 aliphatic heterocycles. The van der Waals surface area contributed by atoms with Crippen molar-refractivity contribution in [2.75, 3.05) is 16.9 Å². The second-order valence-corrected chi connectivity index (χ2v) is 11.3. The van der Waals surface area contributed by atoms with Gasteiger partial charge >= 0.3 is 0 Å². The number of nitrogens with two attached hydrogens (primary N) is 1. The first kappa shape index (κ1) is 24.1. The van der Waals surface area contributed by atoms with Crippen molar-refractivity contribution in [2.45, 2.75) is 30.2 Å². The van der Waals surface area contributed by atoms with Crippen molar-refractivity contribution in [1.29, 1.82) is 0 Å². The van der Waals surface area contributed by atoms with Gasteiger partial charge in [0, 0.05) is 29.5 Å². The van der Waals surface area contributed by atoms with Gasteiger partial charge in [0.1, 0.15) is 11.6 Å². The second kappa shape index (κ2) is 9.15. The molecular weight excluding hydrogens is 503 g/mol. The van der Waals surface area contributed by atoms with Crippen LogP contribution in [0.1, 0.15) is 40.4 Å². The van der Waals surface area contributed by atoms with Gasteiger partial charge in [-0.1, -0.05) is 23.7 Å². The van der Waals surface area contributed by atoms with Gasteiger partial charge in [0.15, 0.2) is 9.84 Å². The quantitative estimate of drug-likeness (QED) is 0.374. The maximum Gasteiger partial charge on any atom is 0.260 e. The van der Waals surface area contributed by atoms with Crippen LogP contribution in [-0.4, -0.2) is 30.5 Å². The third kappa shape index (κ3) is 4.89. The zero-order valence-corrected chi connectivity index (χ0v) is 20.9. The number of aromatic nitrogens is 2. The Morgan fingerprint density at radius 3 is 2.58 bits per heavy atom. The summed E-state index contributed by atoms with van der Waals surface area (Å²) in [6.45, 7) is -0.00247. The van der Waals surface area contributed by atoms with Gasteiger partial charge in [-0.15, -0.1) is 0 Å². The Kier molecular flexibility index (Phi) is 6.13. The Balaban J connectivity index is 1.60. The molecule has 5 rings (SSSR count). The molecule has 2 aromatic heterocycles. The van der Waals surface area contributed by atoms with Crippen LogP contribution in [0.2, 0.25) is 5.02 Å². The van der Waals surface area contributed by atoms with E-state index in [2.05, 4.69) is 9.97 Å². The molecule has 0 bridgehead atoms. The first-order valence-electron chi connectivity index (χ1n) is 11.2. The van der Waals surface area contributed by atoms with Crippen molar-refractivity contribution >= 4 is 49.8 Å². The third-order valence-corrected chi connectivity index (χ3v) is 7.52. The zero-order valence-electron chi connectivity index (χ0n) is 19.3. The molecule has 2 heterocycles. The molecule has 7 nitrogen and oxygen atoms in total. The smallest absolute Gasteiger partial charge is 0.260 e. The van der Waals surface area contributed by atoms with Crippen molar-refractivity contribution in [3.05, 3.63) is 88.5 Å². The summed E-state index contributed by atoms with van der Waals surface area (Å²) in [5.74, 6) is -0.589. The number of benzene rings is 2. The molecule has 1 amide bonds. The van der Waals surface area contributed by atoms with E-state index in [1.54, 1.807) is 30.3 Å². The summed E-state index contributed by atoms with van der Waals surface area (Å²) in [5, 5.41) is 1.09. The van der Waals surface area contributed by atoms with Crippen molar-refractivity contribution in [1.82, 2.24) is 9.97 Å². The molecule has 0 radical (unpaired) electrons. The lowest BCUT2D eigenvalue weighted by atomic mass is 10.1. The minimum Gasteiger partial charge on any atom is -0.382 e. The average molecular weight is 525 g/mol. The monoisotopic (exact) mass is 524 g/mol. The summed E-state index contributed by atoms with van der Waals surface area (Å²) in [6, 6.07) is 13.9. The highest BCUT2D eigenvalue weighted by molar-refractivity contribution is 7.90. The number of pyridine rings is 2. The molecule has 2 N–H and O–H groups in total. The van der Waals surface area contributed by atoms with Gasteiger partial charge in [0.05, 0.1) is 33.2 Å². The number of halogens is 2. The van der Waals surface area contributed by atoms with Crippen molar-refractivity contribution in [3.8, 4) is 0 Å². The third-order valence-electron chi connectivity index (χ3n) is 6.09. The number of fused-ring (bicyclic) bond motifs is 1. The number of hydrogen-bond acceptors (Lipinski definition) is 6. The van der Waals surface area contributed by atoms with E-state index in [1.165, 1.54) is 17.2 Å². The average Bonchev–Trinajstić information content (AvgIpc) is 3.68. The molecule has 1 aliphatic rings. The molecular formula is C26H22ClFN4O3S. The number of rotatable bonds is 6. The van der Waals surface area contributed by atoms with Crippen LogP contribution < -0.4 is 10.6 Å². The van der Waals surface area contributed by atoms with Gasteiger partial charge < -0.3 is 10.6 Å². The normalized spacial score (nSPS) is 13.6. The summed E-state index contributed by atoms with van der Waals surface area (Å²) in [5.41, 5.74) is 8.37. The van der Waals surface area contributed by atoms with Gasteiger partial charge in [-0.3, -0.25) is 9.78 Å². The fourth-order valence-corrected chi connectivity index (χ4v) is 5.11.